The summed E-state index contributed by atoms with van der Waals surface area (Å²) in [6.45, 7) is 13.3. The van der Waals surface area contributed by atoms with Crippen molar-refractivity contribution in [2.75, 3.05) is 12.3 Å². The zero-order chi connectivity index (χ0) is 14.3. The molecule has 0 saturated carbocycles. The molecule has 110 valence electrons. The lowest BCUT2D eigenvalue weighted by atomic mass is 9.91. The van der Waals surface area contributed by atoms with Crippen molar-refractivity contribution in [2.45, 2.75) is 65.2 Å². The molecule has 1 rings (SSSR count). The van der Waals surface area contributed by atoms with Crippen LogP contribution in [0.4, 0.5) is 0 Å². The topological polar surface area (TPSA) is 24.9 Å². The van der Waals surface area contributed by atoms with E-state index in [-0.39, 0.29) is 5.41 Å². The molecule has 0 amide bonds. The monoisotopic (exact) mass is 300 g/mol. The van der Waals surface area contributed by atoms with Crippen LogP contribution in [-0.4, -0.2) is 17.3 Å². The summed E-state index contributed by atoms with van der Waals surface area (Å²) in [5, 5.41) is 4.80. The van der Waals surface area contributed by atoms with Crippen molar-refractivity contribution in [1.82, 2.24) is 10.3 Å². The Morgan fingerprint density at radius 2 is 1.95 bits per heavy atom. The van der Waals surface area contributed by atoms with Crippen LogP contribution in [0.15, 0.2) is 0 Å². The van der Waals surface area contributed by atoms with Gasteiger partial charge >= 0.3 is 0 Å². The van der Waals surface area contributed by atoms with Gasteiger partial charge in [0.25, 0.3) is 0 Å². The predicted molar refractivity (Wildman–Crippen MR) is 89.3 cm³/mol. The number of nitrogens with zero attached hydrogens (tertiary/aromatic N) is 1. The van der Waals surface area contributed by atoms with E-state index in [9.17, 15) is 0 Å². The highest BCUT2D eigenvalue weighted by Gasteiger charge is 2.22. The van der Waals surface area contributed by atoms with Gasteiger partial charge in [-0.3, -0.25) is 0 Å². The van der Waals surface area contributed by atoms with Crippen molar-refractivity contribution >= 4 is 23.1 Å². The van der Waals surface area contributed by atoms with Crippen molar-refractivity contribution in [2.24, 2.45) is 0 Å². The Morgan fingerprint density at radius 1 is 1.21 bits per heavy atom. The SMILES string of the molecule is CCCNCc1sc(CSCCC)nc1C(C)(C)C. The molecule has 0 spiro atoms. The Labute approximate surface area is 126 Å². The third kappa shape index (κ3) is 5.84. The molecule has 2 nitrogen and oxygen atoms in total. The highest BCUT2D eigenvalue weighted by molar-refractivity contribution is 7.98. The van der Waals surface area contributed by atoms with Gasteiger partial charge in [0.05, 0.1) is 5.69 Å². The van der Waals surface area contributed by atoms with Crippen LogP contribution in [0.1, 0.15) is 63.0 Å². The fraction of sp³-hybridized carbons (Fsp3) is 0.800. The lowest BCUT2D eigenvalue weighted by Gasteiger charge is -2.17. The fourth-order valence-electron chi connectivity index (χ4n) is 1.85. The van der Waals surface area contributed by atoms with Gasteiger partial charge < -0.3 is 5.32 Å². The van der Waals surface area contributed by atoms with E-state index in [1.807, 2.05) is 23.1 Å². The number of thiazole rings is 1. The molecule has 1 aromatic rings. The summed E-state index contributed by atoms with van der Waals surface area (Å²) in [7, 11) is 0. The zero-order valence-corrected chi connectivity index (χ0v) is 14.6. The first-order valence-corrected chi connectivity index (χ1v) is 9.23. The van der Waals surface area contributed by atoms with Crippen molar-refractivity contribution in [3.63, 3.8) is 0 Å². The Kier molecular flexibility index (Phi) is 7.40. The third-order valence-corrected chi connectivity index (χ3v) is 5.15. The summed E-state index contributed by atoms with van der Waals surface area (Å²) >= 11 is 3.89. The molecule has 19 heavy (non-hydrogen) atoms. The first-order valence-electron chi connectivity index (χ1n) is 7.26. The Bertz CT molecular complexity index is 367. The van der Waals surface area contributed by atoms with Gasteiger partial charge in [-0.05, 0) is 25.1 Å². The number of nitrogens with one attached hydrogen (secondary N) is 1. The van der Waals surface area contributed by atoms with Gasteiger partial charge in [0.1, 0.15) is 5.01 Å². The number of aromatic nitrogens is 1. The van der Waals surface area contributed by atoms with Crippen LogP contribution in [0.2, 0.25) is 0 Å². The molecule has 1 aromatic heterocycles. The number of hydrogen-bond donors (Lipinski definition) is 1. The summed E-state index contributed by atoms with van der Waals surface area (Å²) in [5.74, 6) is 2.29. The molecule has 0 saturated heterocycles. The van der Waals surface area contributed by atoms with Crippen LogP contribution >= 0.6 is 23.1 Å². The zero-order valence-electron chi connectivity index (χ0n) is 13.0. The molecule has 0 aromatic carbocycles. The second kappa shape index (κ2) is 8.28. The Balaban J connectivity index is 2.74. The van der Waals surface area contributed by atoms with Gasteiger partial charge in [0.2, 0.25) is 0 Å². The van der Waals surface area contributed by atoms with Crippen molar-refractivity contribution in [3.8, 4) is 0 Å². The molecule has 0 aliphatic rings. The minimum Gasteiger partial charge on any atom is -0.312 e. The normalized spacial score (nSPS) is 12.1. The van der Waals surface area contributed by atoms with Gasteiger partial charge in [-0.15, -0.1) is 11.3 Å². The summed E-state index contributed by atoms with van der Waals surface area (Å²) in [6, 6.07) is 0. The van der Waals surface area contributed by atoms with E-state index in [0.29, 0.717) is 0 Å². The minimum atomic E-state index is 0.146. The molecule has 0 radical (unpaired) electrons. The number of hydrogen-bond acceptors (Lipinski definition) is 4. The summed E-state index contributed by atoms with van der Waals surface area (Å²) < 4.78 is 0. The smallest absolute Gasteiger partial charge is 0.103 e. The largest absolute Gasteiger partial charge is 0.312 e. The van der Waals surface area contributed by atoms with E-state index in [1.54, 1.807) is 0 Å². The van der Waals surface area contributed by atoms with Crippen molar-refractivity contribution < 1.29 is 0 Å². The first-order chi connectivity index (χ1) is 8.99. The molecular formula is C15H28N2S2. The van der Waals surface area contributed by atoms with Crippen LogP contribution in [0.5, 0.6) is 0 Å². The highest BCUT2D eigenvalue weighted by Crippen LogP contribution is 2.31. The standard InChI is InChI=1S/C15H28N2S2/c1-6-8-16-10-12-14(15(3,4)5)17-13(19-12)11-18-9-7-2/h16H,6-11H2,1-5H3. The first kappa shape index (κ1) is 17.0. The molecular weight excluding hydrogens is 272 g/mol. The van der Waals surface area contributed by atoms with Crippen LogP contribution in [-0.2, 0) is 17.7 Å². The number of thioether (sulfide) groups is 1. The van der Waals surface area contributed by atoms with E-state index in [4.69, 9.17) is 4.98 Å². The maximum atomic E-state index is 4.89. The van der Waals surface area contributed by atoms with Crippen LogP contribution < -0.4 is 5.32 Å². The van der Waals surface area contributed by atoms with Crippen LogP contribution in [0.25, 0.3) is 0 Å². The quantitative estimate of drug-likeness (QED) is 0.711. The molecule has 0 aliphatic heterocycles. The van der Waals surface area contributed by atoms with Gasteiger partial charge in [0.15, 0.2) is 0 Å². The van der Waals surface area contributed by atoms with Gasteiger partial charge in [-0.2, -0.15) is 11.8 Å². The molecule has 1 N–H and O–H groups in total. The van der Waals surface area contributed by atoms with Crippen LogP contribution in [0.3, 0.4) is 0 Å². The third-order valence-electron chi connectivity index (χ3n) is 2.74. The van der Waals surface area contributed by atoms with Crippen molar-refractivity contribution in [3.05, 3.63) is 15.6 Å². The molecule has 4 heteroatoms. The average Bonchev–Trinajstić information content (AvgIpc) is 2.73. The molecule has 0 aliphatic carbocycles. The summed E-state index contributed by atoms with van der Waals surface area (Å²) in [4.78, 5) is 6.31. The predicted octanol–water partition coefficient (Wildman–Crippen LogP) is 4.58. The van der Waals surface area contributed by atoms with E-state index in [0.717, 1.165) is 18.8 Å². The van der Waals surface area contributed by atoms with E-state index in [2.05, 4.69) is 39.9 Å². The van der Waals surface area contributed by atoms with Gasteiger partial charge in [-0.1, -0.05) is 34.6 Å². The average molecular weight is 301 g/mol. The Morgan fingerprint density at radius 3 is 2.53 bits per heavy atom. The van der Waals surface area contributed by atoms with Gasteiger partial charge in [0, 0.05) is 22.6 Å². The minimum absolute atomic E-state index is 0.146. The summed E-state index contributed by atoms with van der Waals surface area (Å²) in [6.07, 6.45) is 2.43. The molecule has 0 unspecified atom stereocenters. The van der Waals surface area contributed by atoms with E-state index in [1.165, 1.54) is 34.2 Å². The van der Waals surface area contributed by atoms with E-state index >= 15 is 0 Å². The second-order valence-electron chi connectivity index (χ2n) is 5.86. The van der Waals surface area contributed by atoms with E-state index < -0.39 is 0 Å². The fourth-order valence-corrected chi connectivity index (χ4v) is 4.05. The van der Waals surface area contributed by atoms with Crippen molar-refractivity contribution in [1.29, 1.82) is 0 Å². The molecule has 0 atom stereocenters. The van der Waals surface area contributed by atoms with Crippen LogP contribution in [0, 0.1) is 0 Å². The lowest BCUT2D eigenvalue weighted by Crippen LogP contribution is -2.19. The maximum absolute atomic E-state index is 4.89. The molecule has 0 bridgehead atoms. The molecule has 0 fully saturated rings. The second-order valence-corrected chi connectivity index (χ2v) is 8.13. The molecule has 1 heterocycles. The lowest BCUT2D eigenvalue weighted by molar-refractivity contribution is 0.558. The number of rotatable bonds is 8. The Hall–Kier alpha value is -0.0600. The highest BCUT2D eigenvalue weighted by atomic mass is 32.2. The van der Waals surface area contributed by atoms with Gasteiger partial charge in [-0.25, -0.2) is 4.98 Å². The summed E-state index contributed by atoms with van der Waals surface area (Å²) in [5.41, 5.74) is 1.43. The maximum Gasteiger partial charge on any atom is 0.103 e.